The molecule has 1 aliphatic heterocycles. The third-order valence-electron chi connectivity index (χ3n) is 5.18. The van der Waals surface area contributed by atoms with Gasteiger partial charge in [0, 0.05) is 31.1 Å². The van der Waals surface area contributed by atoms with Crippen LogP contribution in [-0.2, 0) is 6.54 Å². The van der Waals surface area contributed by atoms with Crippen molar-refractivity contribution in [3.8, 4) is 5.75 Å². The Kier molecular flexibility index (Phi) is 7.83. The maximum atomic E-state index is 12.4. The van der Waals surface area contributed by atoms with Crippen molar-refractivity contribution in [2.45, 2.75) is 32.0 Å². The number of piperidine rings is 1. The van der Waals surface area contributed by atoms with Crippen LogP contribution in [0.5, 0.6) is 5.75 Å². The number of rotatable bonds is 7. The minimum atomic E-state index is -2.82. The van der Waals surface area contributed by atoms with Crippen molar-refractivity contribution in [2.24, 2.45) is 10.9 Å². The van der Waals surface area contributed by atoms with Crippen LogP contribution in [0.25, 0.3) is 0 Å². The van der Waals surface area contributed by atoms with Crippen molar-refractivity contribution in [1.29, 1.82) is 0 Å². The summed E-state index contributed by atoms with van der Waals surface area (Å²) in [5.41, 5.74) is 0.847. The van der Waals surface area contributed by atoms with Crippen LogP contribution >= 0.6 is 11.3 Å². The van der Waals surface area contributed by atoms with Gasteiger partial charge in [0.25, 0.3) is 0 Å². The lowest BCUT2D eigenvalue weighted by Crippen LogP contribution is -2.44. The van der Waals surface area contributed by atoms with E-state index in [0.29, 0.717) is 24.5 Å². The fourth-order valence-corrected chi connectivity index (χ4v) is 4.83. The number of thiophene rings is 1. The molecule has 1 fully saturated rings. The van der Waals surface area contributed by atoms with Gasteiger partial charge in [-0.15, -0.1) is 11.3 Å². The number of alkyl halides is 2. The molecular weight excluding hydrogens is 394 g/mol. The van der Waals surface area contributed by atoms with Gasteiger partial charge in [-0.05, 0) is 61.5 Å². The number of hydrogen-bond acceptors (Lipinski definition) is 4. The highest BCUT2D eigenvalue weighted by Crippen LogP contribution is 2.36. The molecule has 2 atom stereocenters. The molecule has 1 aliphatic rings. The van der Waals surface area contributed by atoms with Crippen molar-refractivity contribution in [1.82, 2.24) is 15.5 Å². The molecule has 0 saturated carbocycles. The quantitative estimate of drug-likeness (QED) is 0.521. The molecule has 2 aromatic rings. The minimum Gasteiger partial charge on any atom is -0.435 e. The second-order valence-electron chi connectivity index (χ2n) is 7.18. The van der Waals surface area contributed by atoms with Crippen LogP contribution in [-0.4, -0.2) is 44.7 Å². The third kappa shape index (κ3) is 6.14. The van der Waals surface area contributed by atoms with E-state index in [1.54, 1.807) is 19.2 Å². The molecule has 1 aromatic carbocycles. The number of aliphatic imine (C=N–C) groups is 1. The van der Waals surface area contributed by atoms with E-state index in [4.69, 9.17) is 0 Å². The van der Waals surface area contributed by atoms with Crippen LogP contribution in [0.3, 0.4) is 0 Å². The first-order valence-corrected chi connectivity index (χ1v) is 10.7. The SMILES string of the molecule is CN=C(NCc1cccc(OC(F)F)c1)NCC1CCCN(C)C1c1cccs1. The van der Waals surface area contributed by atoms with E-state index >= 15 is 0 Å². The molecule has 3 rings (SSSR count). The largest absolute Gasteiger partial charge is 0.435 e. The van der Waals surface area contributed by atoms with Crippen LogP contribution in [0.2, 0.25) is 0 Å². The summed E-state index contributed by atoms with van der Waals surface area (Å²) in [5.74, 6) is 1.35. The zero-order valence-corrected chi connectivity index (χ0v) is 17.6. The molecule has 5 nitrogen and oxygen atoms in total. The van der Waals surface area contributed by atoms with E-state index in [0.717, 1.165) is 18.7 Å². The van der Waals surface area contributed by atoms with Crippen molar-refractivity contribution in [3.05, 3.63) is 52.2 Å². The molecule has 0 amide bonds. The lowest BCUT2D eigenvalue weighted by molar-refractivity contribution is -0.0498. The van der Waals surface area contributed by atoms with E-state index in [-0.39, 0.29) is 5.75 Å². The Labute approximate surface area is 174 Å². The number of ether oxygens (including phenoxy) is 1. The van der Waals surface area contributed by atoms with Crippen LogP contribution in [0.1, 0.15) is 29.3 Å². The average Bonchev–Trinajstić information content (AvgIpc) is 3.22. The Balaban J connectivity index is 1.55. The van der Waals surface area contributed by atoms with E-state index in [2.05, 4.69) is 49.8 Å². The van der Waals surface area contributed by atoms with Gasteiger partial charge in [0.2, 0.25) is 0 Å². The second-order valence-corrected chi connectivity index (χ2v) is 8.16. The summed E-state index contributed by atoms with van der Waals surface area (Å²) < 4.78 is 29.2. The molecule has 1 aromatic heterocycles. The molecule has 158 valence electrons. The Hall–Kier alpha value is -2.19. The van der Waals surface area contributed by atoms with Gasteiger partial charge >= 0.3 is 6.61 Å². The topological polar surface area (TPSA) is 48.9 Å². The number of nitrogens with zero attached hydrogens (tertiary/aromatic N) is 2. The van der Waals surface area contributed by atoms with E-state index < -0.39 is 6.61 Å². The van der Waals surface area contributed by atoms with Crippen LogP contribution in [0.4, 0.5) is 8.78 Å². The highest BCUT2D eigenvalue weighted by Gasteiger charge is 2.31. The van der Waals surface area contributed by atoms with Gasteiger partial charge in [0.05, 0.1) is 0 Å². The fraction of sp³-hybridized carbons (Fsp3) is 0.476. The molecule has 29 heavy (non-hydrogen) atoms. The predicted molar refractivity (Wildman–Crippen MR) is 114 cm³/mol. The summed E-state index contributed by atoms with van der Waals surface area (Å²) in [4.78, 5) is 8.13. The van der Waals surface area contributed by atoms with E-state index in [1.165, 1.54) is 23.8 Å². The number of benzene rings is 1. The molecule has 0 spiro atoms. The second kappa shape index (κ2) is 10.5. The average molecular weight is 423 g/mol. The van der Waals surface area contributed by atoms with Gasteiger partial charge in [-0.2, -0.15) is 8.78 Å². The Morgan fingerprint density at radius 2 is 2.17 bits per heavy atom. The van der Waals surface area contributed by atoms with Gasteiger partial charge in [-0.25, -0.2) is 0 Å². The summed E-state index contributed by atoms with van der Waals surface area (Å²) in [6.07, 6.45) is 2.36. The summed E-state index contributed by atoms with van der Waals surface area (Å²) in [5, 5.41) is 8.82. The minimum absolute atomic E-state index is 0.159. The van der Waals surface area contributed by atoms with Crippen molar-refractivity contribution in [2.75, 3.05) is 27.2 Å². The smallest absolute Gasteiger partial charge is 0.387 e. The van der Waals surface area contributed by atoms with Crippen LogP contribution in [0, 0.1) is 5.92 Å². The number of halogens is 2. The van der Waals surface area contributed by atoms with Gasteiger partial charge in [0.15, 0.2) is 5.96 Å². The van der Waals surface area contributed by atoms with Crippen LogP contribution in [0.15, 0.2) is 46.8 Å². The van der Waals surface area contributed by atoms with E-state index in [1.807, 2.05) is 17.4 Å². The molecule has 1 saturated heterocycles. The number of nitrogens with one attached hydrogen (secondary N) is 2. The van der Waals surface area contributed by atoms with Crippen LogP contribution < -0.4 is 15.4 Å². The van der Waals surface area contributed by atoms with Gasteiger partial charge in [0.1, 0.15) is 5.75 Å². The summed E-state index contributed by atoms with van der Waals surface area (Å²) in [6.45, 7) is -0.416. The van der Waals surface area contributed by atoms with Crippen molar-refractivity contribution in [3.63, 3.8) is 0 Å². The highest BCUT2D eigenvalue weighted by molar-refractivity contribution is 7.10. The Morgan fingerprint density at radius 3 is 2.90 bits per heavy atom. The monoisotopic (exact) mass is 422 g/mol. The lowest BCUT2D eigenvalue weighted by Gasteiger charge is -2.39. The van der Waals surface area contributed by atoms with Gasteiger partial charge in [-0.1, -0.05) is 18.2 Å². The molecular formula is C21H28F2N4OS. The molecule has 8 heteroatoms. The van der Waals surface area contributed by atoms with E-state index in [9.17, 15) is 8.78 Å². The summed E-state index contributed by atoms with van der Waals surface area (Å²) in [6, 6.07) is 11.4. The zero-order chi connectivity index (χ0) is 20.6. The molecule has 2 heterocycles. The zero-order valence-electron chi connectivity index (χ0n) is 16.8. The predicted octanol–water partition coefficient (Wildman–Crippen LogP) is 4.10. The number of likely N-dealkylation sites (tertiary alicyclic amines) is 1. The molecule has 0 aliphatic carbocycles. The molecule has 2 N–H and O–H groups in total. The van der Waals surface area contributed by atoms with Gasteiger partial charge < -0.3 is 15.4 Å². The summed E-state index contributed by atoms with van der Waals surface area (Å²) >= 11 is 1.81. The maximum Gasteiger partial charge on any atom is 0.387 e. The first-order valence-electron chi connectivity index (χ1n) is 9.78. The molecule has 2 unspecified atom stereocenters. The Bertz CT molecular complexity index is 785. The standard InChI is InChI=1S/C21H28F2N4OS/c1-24-21(25-13-15-6-3-8-17(12-15)28-20(22)23)26-14-16-7-4-10-27(2)19(16)18-9-5-11-29-18/h3,5-6,8-9,11-12,16,19-20H,4,7,10,13-14H2,1-2H3,(H2,24,25,26). The Morgan fingerprint density at radius 1 is 1.31 bits per heavy atom. The number of hydrogen-bond donors (Lipinski definition) is 2. The first-order chi connectivity index (χ1) is 14.1. The summed E-state index contributed by atoms with van der Waals surface area (Å²) in [7, 11) is 3.92. The fourth-order valence-electron chi connectivity index (χ4n) is 3.85. The highest BCUT2D eigenvalue weighted by atomic mass is 32.1. The number of guanidine groups is 1. The van der Waals surface area contributed by atoms with Crippen molar-refractivity contribution < 1.29 is 13.5 Å². The third-order valence-corrected chi connectivity index (χ3v) is 6.12. The normalized spacial score (nSPS) is 20.7. The van der Waals surface area contributed by atoms with Crippen molar-refractivity contribution >= 4 is 17.3 Å². The molecule has 0 bridgehead atoms. The molecule has 0 radical (unpaired) electrons. The van der Waals surface area contributed by atoms with Gasteiger partial charge in [-0.3, -0.25) is 9.89 Å². The first kappa shape index (κ1) is 21.5. The lowest BCUT2D eigenvalue weighted by atomic mass is 9.88. The maximum absolute atomic E-state index is 12.4.